The number of nitrogens with zero attached hydrogens (tertiary/aromatic N) is 4. The first-order chi connectivity index (χ1) is 17.2. The van der Waals surface area contributed by atoms with Gasteiger partial charge in [0.2, 0.25) is 5.91 Å². The molecule has 36 heavy (non-hydrogen) atoms. The summed E-state index contributed by atoms with van der Waals surface area (Å²) in [6, 6.07) is 0. The smallest absolute Gasteiger partial charge is 0.253 e. The van der Waals surface area contributed by atoms with Crippen molar-refractivity contribution in [3.63, 3.8) is 0 Å². The van der Waals surface area contributed by atoms with Crippen LogP contribution in [0.15, 0.2) is 18.3 Å². The van der Waals surface area contributed by atoms with Gasteiger partial charge in [0, 0.05) is 25.1 Å². The molecule has 0 fully saturated rings. The van der Waals surface area contributed by atoms with E-state index in [4.69, 9.17) is 18.9 Å². The minimum Gasteiger partial charge on any atom is -0.379 e. The number of imide groups is 1. The number of hydrogen-bond acceptors (Lipinski definition) is 9. The second kappa shape index (κ2) is 16.1. The first-order valence-electron chi connectivity index (χ1n) is 12.2. The molecular formula is C24H39N5O7. The zero-order chi connectivity index (χ0) is 26.2. The highest BCUT2D eigenvalue weighted by atomic mass is 16.6. The van der Waals surface area contributed by atoms with E-state index in [-0.39, 0.29) is 29.7 Å². The zero-order valence-corrected chi connectivity index (χ0v) is 21.6. The summed E-state index contributed by atoms with van der Waals surface area (Å²) in [6.45, 7) is 11.2. The van der Waals surface area contributed by atoms with Crippen LogP contribution >= 0.6 is 0 Å². The molecule has 12 heteroatoms. The maximum Gasteiger partial charge on any atom is 0.253 e. The minimum absolute atomic E-state index is 0.00694. The van der Waals surface area contributed by atoms with Gasteiger partial charge in [0.15, 0.2) is 0 Å². The highest BCUT2D eigenvalue weighted by Gasteiger charge is 2.24. The van der Waals surface area contributed by atoms with Crippen LogP contribution in [0.4, 0.5) is 0 Å². The van der Waals surface area contributed by atoms with Gasteiger partial charge in [-0.2, -0.15) is 0 Å². The van der Waals surface area contributed by atoms with Gasteiger partial charge in [-0.3, -0.25) is 19.3 Å². The van der Waals surface area contributed by atoms with E-state index in [1.165, 1.54) is 12.2 Å². The second-order valence-electron chi connectivity index (χ2n) is 9.43. The topological polar surface area (TPSA) is 134 Å². The molecule has 0 saturated heterocycles. The summed E-state index contributed by atoms with van der Waals surface area (Å²) in [4.78, 5) is 36.0. The van der Waals surface area contributed by atoms with Crippen LogP contribution in [0.1, 0.15) is 39.3 Å². The molecule has 0 atom stereocenters. The largest absolute Gasteiger partial charge is 0.379 e. The molecule has 0 aliphatic carbocycles. The van der Waals surface area contributed by atoms with E-state index in [1.807, 2.05) is 0 Å². The third-order valence-corrected chi connectivity index (χ3v) is 5.06. The molecule has 3 amide bonds. The highest BCUT2D eigenvalue weighted by molar-refractivity contribution is 6.12. The summed E-state index contributed by atoms with van der Waals surface area (Å²) in [5.41, 5.74) is 0.744. The fraction of sp³-hybridized carbons (Fsp3) is 0.708. The van der Waals surface area contributed by atoms with Crippen molar-refractivity contribution in [2.24, 2.45) is 5.41 Å². The van der Waals surface area contributed by atoms with Crippen molar-refractivity contribution in [2.75, 3.05) is 59.4 Å². The molecule has 1 aliphatic heterocycles. The normalized spacial score (nSPS) is 13.7. The Hall–Kier alpha value is -2.67. The molecule has 2 rings (SSSR count). The van der Waals surface area contributed by atoms with Gasteiger partial charge in [-0.05, 0) is 11.8 Å². The maximum atomic E-state index is 11.7. The average Bonchev–Trinajstić information content (AvgIpc) is 3.40. The summed E-state index contributed by atoms with van der Waals surface area (Å²) < 4.78 is 23.4. The molecule has 1 aromatic rings. The Morgan fingerprint density at radius 2 is 1.44 bits per heavy atom. The Kier molecular flexibility index (Phi) is 13.3. The molecule has 0 bridgehead atoms. The molecule has 0 unspecified atom stereocenters. The SMILES string of the molecule is CC(C)(C)CCNC(=O)CCOCCOCCOCCOCCn1cc(CN2C(=O)C=CC2=O)nn1. The molecule has 1 N–H and O–H groups in total. The summed E-state index contributed by atoms with van der Waals surface area (Å²) in [5, 5.41) is 10.8. The Bertz CT molecular complexity index is 832. The zero-order valence-electron chi connectivity index (χ0n) is 21.6. The van der Waals surface area contributed by atoms with Gasteiger partial charge in [-0.15, -0.1) is 5.10 Å². The lowest BCUT2D eigenvalue weighted by Crippen LogP contribution is -2.29. The van der Waals surface area contributed by atoms with E-state index in [2.05, 4.69) is 36.4 Å². The van der Waals surface area contributed by atoms with Crippen molar-refractivity contribution in [3.05, 3.63) is 24.0 Å². The lowest BCUT2D eigenvalue weighted by molar-refractivity contribution is -0.137. The fourth-order valence-corrected chi connectivity index (χ4v) is 3.02. The molecular weight excluding hydrogens is 470 g/mol. The quantitative estimate of drug-likeness (QED) is 0.211. The second-order valence-corrected chi connectivity index (χ2v) is 9.43. The van der Waals surface area contributed by atoms with E-state index in [0.717, 1.165) is 11.3 Å². The van der Waals surface area contributed by atoms with Crippen LogP contribution in [0.3, 0.4) is 0 Å². The Balaban J connectivity index is 1.34. The molecule has 2 heterocycles. The number of carbonyl (C=O) groups excluding carboxylic acids is 3. The van der Waals surface area contributed by atoms with Crippen molar-refractivity contribution >= 4 is 17.7 Å². The minimum atomic E-state index is -0.347. The molecule has 1 aromatic heterocycles. The predicted octanol–water partition coefficient (Wildman–Crippen LogP) is 0.712. The number of rotatable bonds is 19. The molecule has 202 valence electrons. The number of carbonyl (C=O) groups is 3. The van der Waals surface area contributed by atoms with E-state index in [0.29, 0.717) is 78.1 Å². The Labute approximate surface area is 212 Å². The number of amides is 3. The van der Waals surface area contributed by atoms with E-state index in [9.17, 15) is 14.4 Å². The first-order valence-corrected chi connectivity index (χ1v) is 12.2. The van der Waals surface area contributed by atoms with Crippen LogP contribution in [0.2, 0.25) is 0 Å². The number of ether oxygens (including phenoxy) is 4. The van der Waals surface area contributed by atoms with Gasteiger partial charge in [0.05, 0.1) is 72.1 Å². The van der Waals surface area contributed by atoms with Gasteiger partial charge < -0.3 is 24.3 Å². The molecule has 0 spiro atoms. The van der Waals surface area contributed by atoms with Crippen molar-refractivity contribution < 1.29 is 33.3 Å². The standard InChI is InChI=1S/C24H39N5O7/c1-24(2,3)7-8-25-21(30)6-10-33-12-14-35-16-17-36-15-13-34-11-9-28-18-20(26-27-28)19-29-22(31)4-5-23(29)32/h4-5,18H,6-17,19H2,1-3H3,(H,25,30). The fourth-order valence-electron chi connectivity index (χ4n) is 3.02. The monoisotopic (exact) mass is 509 g/mol. The number of aromatic nitrogens is 3. The average molecular weight is 510 g/mol. The van der Waals surface area contributed by atoms with Crippen LogP contribution in [0.25, 0.3) is 0 Å². The third-order valence-electron chi connectivity index (χ3n) is 5.06. The van der Waals surface area contributed by atoms with Crippen LogP contribution in [-0.2, 0) is 46.4 Å². The van der Waals surface area contributed by atoms with Gasteiger partial charge in [-0.25, -0.2) is 4.68 Å². The Morgan fingerprint density at radius 1 is 0.889 bits per heavy atom. The molecule has 0 aromatic carbocycles. The molecule has 1 aliphatic rings. The third kappa shape index (κ3) is 12.9. The van der Waals surface area contributed by atoms with E-state index in [1.54, 1.807) is 10.9 Å². The van der Waals surface area contributed by atoms with Gasteiger partial charge >= 0.3 is 0 Å². The van der Waals surface area contributed by atoms with Crippen molar-refractivity contribution in [2.45, 2.75) is 46.7 Å². The van der Waals surface area contributed by atoms with Crippen LogP contribution in [-0.4, -0.2) is 97.0 Å². The van der Waals surface area contributed by atoms with Gasteiger partial charge in [0.25, 0.3) is 11.8 Å². The van der Waals surface area contributed by atoms with E-state index < -0.39 is 0 Å². The summed E-state index contributed by atoms with van der Waals surface area (Å²) in [5.74, 6) is -0.688. The number of nitrogens with one attached hydrogen (secondary N) is 1. The molecule has 0 radical (unpaired) electrons. The van der Waals surface area contributed by atoms with Gasteiger partial charge in [0.1, 0.15) is 5.69 Å². The summed E-state index contributed by atoms with van der Waals surface area (Å²) in [7, 11) is 0. The van der Waals surface area contributed by atoms with Crippen molar-refractivity contribution in [1.82, 2.24) is 25.2 Å². The Morgan fingerprint density at radius 3 is 2.03 bits per heavy atom. The lowest BCUT2D eigenvalue weighted by Gasteiger charge is -2.17. The van der Waals surface area contributed by atoms with E-state index >= 15 is 0 Å². The summed E-state index contributed by atoms with van der Waals surface area (Å²) >= 11 is 0. The highest BCUT2D eigenvalue weighted by Crippen LogP contribution is 2.16. The van der Waals surface area contributed by atoms with Crippen LogP contribution in [0, 0.1) is 5.41 Å². The van der Waals surface area contributed by atoms with Crippen LogP contribution < -0.4 is 5.32 Å². The van der Waals surface area contributed by atoms with Gasteiger partial charge in [-0.1, -0.05) is 26.0 Å². The number of hydrogen-bond donors (Lipinski definition) is 1. The predicted molar refractivity (Wildman–Crippen MR) is 130 cm³/mol. The summed E-state index contributed by atoms with van der Waals surface area (Å²) in [6.07, 6.45) is 5.46. The van der Waals surface area contributed by atoms with Crippen molar-refractivity contribution in [1.29, 1.82) is 0 Å². The molecule has 0 saturated carbocycles. The van der Waals surface area contributed by atoms with Crippen LogP contribution in [0.5, 0.6) is 0 Å². The first kappa shape index (κ1) is 29.6. The lowest BCUT2D eigenvalue weighted by atomic mass is 9.92. The maximum absolute atomic E-state index is 11.7. The van der Waals surface area contributed by atoms with Crippen molar-refractivity contribution in [3.8, 4) is 0 Å². The molecule has 12 nitrogen and oxygen atoms in total.